The van der Waals surface area contributed by atoms with Gasteiger partial charge in [-0.15, -0.1) is 0 Å². The molecule has 2 heterocycles. The maximum Gasteiger partial charge on any atom is 0.330 e. The number of fused-ring (bicyclic) bond motifs is 1. The normalized spacial score (nSPS) is 29.7. The van der Waals surface area contributed by atoms with Crippen LogP contribution in [0.15, 0.2) is 30.3 Å². The molecule has 0 saturated carbocycles. The Morgan fingerprint density at radius 1 is 1.38 bits per heavy atom. The van der Waals surface area contributed by atoms with Crippen LogP contribution in [0.2, 0.25) is 0 Å². The lowest BCUT2D eigenvalue weighted by atomic mass is 9.98. The standard InChI is InChI=1S/C15H17NO4S/c1-15(2)13(16-11(17)8-12(16)21(15)19)14(18)20-9-10-6-4-3-5-7-10/h3-7,12-13H,8-9H2,1-2H3/t12-,13+,21?/m1/s1. The van der Waals surface area contributed by atoms with Crippen molar-refractivity contribution < 1.29 is 18.5 Å². The number of hydrogen-bond donors (Lipinski definition) is 0. The zero-order valence-electron chi connectivity index (χ0n) is 11.9. The largest absolute Gasteiger partial charge is 0.459 e. The summed E-state index contributed by atoms with van der Waals surface area (Å²) in [7, 11) is -1.24. The van der Waals surface area contributed by atoms with E-state index >= 15 is 0 Å². The smallest absolute Gasteiger partial charge is 0.330 e. The maximum atomic E-state index is 12.4. The summed E-state index contributed by atoms with van der Waals surface area (Å²) in [5, 5.41) is -0.332. The number of esters is 1. The molecule has 0 radical (unpaired) electrons. The molecule has 1 aromatic rings. The molecule has 1 amide bonds. The highest BCUT2D eigenvalue weighted by Crippen LogP contribution is 2.43. The van der Waals surface area contributed by atoms with E-state index in [0.29, 0.717) is 0 Å². The Balaban J connectivity index is 1.74. The van der Waals surface area contributed by atoms with Crippen LogP contribution in [0, 0.1) is 0 Å². The molecule has 1 unspecified atom stereocenters. The Morgan fingerprint density at radius 2 is 2.05 bits per heavy atom. The SMILES string of the molecule is CC1(C)[C@H](C(=O)OCc2ccccc2)N2C(=O)C[C@H]2S1=O. The average molecular weight is 307 g/mol. The van der Waals surface area contributed by atoms with E-state index in [9.17, 15) is 13.8 Å². The number of benzene rings is 1. The van der Waals surface area contributed by atoms with Crippen LogP contribution in [-0.4, -0.2) is 37.1 Å². The minimum absolute atomic E-state index is 0.124. The van der Waals surface area contributed by atoms with Crippen molar-refractivity contribution >= 4 is 22.7 Å². The molecule has 112 valence electrons. The molecule has 0 spiro atoms. The van der Waals surface area contributed by atoms with Gasteiger partial charge < -0.3 is 9.64 Å². The van der Waals surface area contributed by atoms with Crippen molar-refractivity contribution in [2.45, 2.75) is 43.0 Å². The summed E-state index contributed by atoms with van der Waals surface area (Å²) in [4.78, 5) is 25.5. The number of carbonyl (C=O) groups excluding carboxylic acids is 2. The quantitative estimate of drug-likeness (QED) is 0.622. The zero-order valence-corrected chi connectivity index (χ0v) is 12.8. The Bertz CT molecular complexity index is 613. The van der Waals surface area contributed by atoms with Crippen LogP contribution in [0.5, 0.6) is 0 Å². The Labute approximate surface area is 125 Å². The summed E-state index contributed by atoms with van der Waals surface area (Å²) in [6.07, 6.45) is 0.262. The highest BCUT2D eigenvalue weighted by molar-refractivity contribution is 7.87. The van der Waals surface area contributed by atoms with Crippen LogP contribution < -0.4 is 0 Å². The summed E-state index contributed by atoms with van der Waals surface area (Å²) in [6, 6.07) is 8.59. The average Bonchev–Trinajstić information content (AvgIpc) is 2.63. The third kappa shape index (κ3) is 2.18. The van der Waals surface area contributed by atoms with Crippen LogP contribution in [-0.2, 0) is 31.7 Å². The van der Waals surface area contributed by atoms with E-state index in [1.54, 1.807) is 13.8 Å². The van der Waals surface area contributed by atoms with Gasteiger partial charge in [-0.25, -0.2) is 4.79 Å². The number of carbonyl (C=O) groups is 2. The van der Waals surface area contributed by atoms with Gasteiger partial charge in [-0.1, -0.05) is 30.3 Å². The summed E-state index contributed by atoms with van der Waals surface area (Å²) in [6.45, 7) is 3.66. The molecule has 21 heavy (non-hydrogen) atoms. The van der Waals surface area contributed by atoms with Gasteiger partial charge in [0.2, 0.25) is 5.91 Å². The van der Waals surface area contributed by atoms with Crippen LogP contribution >= 0.6 is 0 Å². The zero-order chi connectivity index (χ0) is 15.2. The predicted molar refractivity (Wildman–Crippen MR) is 77.5 cm³/mol. The van der Waals surface area contributed by atoms with Gasteiger partial charge in [0.1, 0.15) is 18.0 Å². The second-order valence-electron chi connectivity index (χ2n) is 5.86. The minimum Gasteiger partial charge on any atom is -0.459 e. The highest BCUT2D eigenvalue weighted by atomic mass is 32.2. The predicted octanol–water partition coefficient (Wildman–Crippen LogP) is 1.20. The molecule has 1 aromatic carbocycles. The molecule has 0 bridgehead atoms. The number of nitrogens with zero attached hydrogens (tertiary/aromatic N) is 1. The first-order valence-corrected chi connectivity index (χ1v) is 8.06. The molecular formula is C15H17NO4S. The lowest BCUT2D eigenvalue weighted by molar-refractivity contribution is -0.162. The highest BCUT2D eigenvalue weighted by Gasteiger charge is 2.63. The fourth-order valence-electron chi connectivity index (χ4n) is 2.89. The number of amides is 1. The third-order valence-electron chi connectivity index (χ3n) is 4.10. The lowest BCUT2D eigenvalue weighted by Crippen LogP contribution is -2.57. The van der Waals surface area contributed by atoms with Crippen molar-refractivity contribution in [3.63, 3.8) is 0 Å². The van der Waals surface area contributed by atoms with E-state index in [0.717, 1.165) is 5.56 Å². The molecule has 0 aliphatic carbocycles. The number of rotatable bonds is 3. The van der Waals surface area contributed by atoms with E-state index in [1.807, 2.05) is 30.3 Å². The number of ether oxygens (including phenoxy) is 1. The molecule has 2 fully saturated rings. The fourth-order valence-corrected chi connectivity index (χ4v) is 4.76. The Hall–Kier alpha value is -1.69. The summed E-state index contributed by atoms with van der Waals surface area (Å²) in [5.41, 5.74) is 0.884. The second kappa shape index (κ2) is 4.94. The van der Waals surface area contributed by atoms with E-state index in [-0.39, 0.29) is 24.3 Å². The van der Waals surface area contributed by atoms with Gasteiger partial charge in [0.15, 0.2) is 0 Å². The van der Waals surface area contributed by atoms with Crippen molar-refractivity contribution in [1.29, 1.82) is 0 Å². The van der Waals surface area contributed by atoms with Gasteiger partial charge in [0, 0.05) is 0 Å². The third-order valence-corrected chi connectivity index (χ3v) is 6.25. The molecule has 3 atom stereocenters. The van der Waals surface area contributed by atoms with Gasteiger partial charge in [-0.2, -0.15) is 0 Å². The first-order valence-electron chi connectivity index (χ1n) is 6.85. The molecule has 3 rings (SSSR count). The summed E-state index contributed by atoms with van der Waals surface area (Å²) >= 11 is 0. The number of β-lactam (4-membered cyclic amide) rings is 1. The molecule has 6 heteroatoms. The Kier molecular flexibility index (Phi) is 3.36. The van der Waals surface area contributed by atoms with E-state index in [1.165, 1.54) is 4.90 Å². The van der Waals surface area contributed by atoms with E-state index in [2.05, 4.69) is 0 Å². The summed E-state index contributed by atoms with van der Waals surface area (Å²) in [5.74, 6) is -0.603. The van der Waals surface area contributed by atoms with Crippen molar-refractivity contribution in [1.82, 2.24) is 4.90 Å². The van der Waals surface area contributed by atoms with Crippen molar-refractivity contribution in [3.05, 3.63) is 35.9 Å². The van der Waals surface area contributed by atoms with Gasteiger partial charge in [0.05, 0.1) is 22.0 Å². The lowest BCUT2D eigenvalue weighted by Gasteiger charge is -2.36. The van der Waals surface area contributed by atoms with Gasteiger partial charge in [-0.05, 0) is 19.4 Å². The molecular weight excluding hydrogens is 290 g/mol. The molecule has 5 nitrogen and oxygen atoms in total. The maximum absolute atomic E-state index is 12.4. The van der Waals surface area contributed by atoms with Crippen LogP contribution in [0.4, 0.5) is 0 Å². The monoisotopic (exact) mass is 307 g/mol. The van der Waals surface area contributed by atoms with Crippen molar-refractivity contribution in [2.75, 3.05) is 0 Å². The van der Waals surface area contributed by atoms with Crippen LogP contribution in [0.1, 0.15) is 25.8 Å². The van der Waals surface area contributed by atoms with Gasteiger partial charge >= 0.3 is 5.97 Å². The molecule has 0 N–H and O–H groups in total. The first kappa shape index (κ1) is 14.3. The topological polar surface area (TPSA) is 63.7 Å². The second-order valence-corrected chi connectivity index (χ2v) is 8.05. The Morgan fingerprint density at radius 3 is 2.67 bits per heavy atom. The van der Waals surface area contributed by atoms with Crippen LogP contribution in [0.25, 0.3) is 0 Å². The molecule has 2 saturated heterocycles. The summed E-state index contributed by atoms with van der Waals surface area (Å²) < 4.78 is 16.9. The van der Waals surface area contributed by atoms with Crippen LogP contribution in [0.3, 0.4) is 0 Å². The van der Waals surface area contributed by atoms with E-state index in [4.69, 9.17) is 4.74 Å². The van der Waals surface area contributed by atoms with Gasteiger partial charge in [-0.3, -0.25) is 9.00 Å². The van der Waals surface area contributed by atoms with Crippen molar-refractivity contribution in [3.8, 4) is 0 Å². The van der Waals surface area contributed by atoms with E-state index < -0.39 is 27.6 Å². The molecule has 2 aliphatic rings. The first-order chi connectivity index (χ1) is 9.93. The number of hydrogen-bond acceptors (Lipinski definition) is 4. The molecule has 2 aliphatic heterocycles. The molecule has 0 aromatic heterocycles. The minimum atomic E-state index is -1.24. The van der Waals surface area contributed by atoms with Gasteiger partial charge in [0.25, 0.3) is 0 Å². The fraction of sp³-hybridized carbons (Fsp3) is 0.467. The van der Waals surface area contributed by atoms with Crippen molar-refractivity contribution in [2.24, 2.45) is 0 Å².